The largest absolute Gasteiger partial charge is 0.317 e. The summed E-state index contributed by atoms with van der Waals surface area (Å²) in [5, 5.41) is 8.97. The van der Waals surface area contributed by atoms with Crippen LogP contribution in [0.4, 0.5) is 4.39 Å². The standard InChI is InChI=1S/C18H25ClFN5/c1-23(2)12-17-21-22-18(24(17)3)14-5-4-8-25(11-14)10-13-6-7-15(19)16(20)9-13/h6-7,9,14H,4-5,8,10-12H2,1-3H3/t14-/m0/s1. The number of likely N-dealkylation sites (tertiary alicyclic amines) is 1. The molecule has 0 N–H and O–H groups in total. The summed E-state index contributed by atoms with van der Waals surface area (Å²) < 4.78 is 15.8. The average molecular weight is 366 g/mol. The van der Waals surface area contributed by atoms with Crippen molar-refractivity contribution in [2.45, 2.75) is 31.8 Å². The fraction of sp³-hybridized carbons (Fsp3) is 0.556. The van der Waals surface area contributed by atoms with Gasteiger partial charge >= 0.3 is 0 Å². The number of hydrogen-bond donors (Lipinski definition) is 0. The minimum atomic E-state index is -0.352. The molecule has 0 amide bonds. The third kappa shape index (κ3) is 4.37. The first-order valence-electron chi connectivity index (χ1n) is 8.63. The molecule has 3 rings (SSSR count). The molecule has 2 aromatic rings. The summed E-state index contributed by atoms with van der Waals surface area (Å²) in [7, 11) is 6.10. The van der Waals surface area contributed by atoms with Crippen molar-refractivity contribution in [2.75, 3.05) is 27.2 Å². The molecule has 1 aliphatic rings. The smallest absolute Gasteiger partial charge is 0.146 e. The van der Waals surface area contributed by atoms with Crippen molar-refractivity contribution in [3.63, 3.8) is 0 Å². The van der Waals surface area contributed by atoms with Gasteiger partial charge in [0.1, 0.15) is 17.5 Å². The maximum atomic E-state index is 13.7. The molecule has 0 bridgehead atoms. The Hall–Kier alpha value is -1.50. The number of rotatable bonds is 5. The molecule has 0 spiro atoms. The minimum absolute atomic E-state index is 0.174. The van der Waals surface area contributed by atoms with Crippen LogP contribution in [0.2, 0.25) is 5.02 Å². The molecular weight excluding hydrogens is 341 g/mol. The van der Waals surface area contributed by atoms with E-state index in [1.807, 2.05) is 27.2 Å². The van der Waals surface area contributed by atoms with E-state index in [4.69, 9.17) is 11.6 Å². The van der Waals surface area contributed by atoms with Crippen molar-refractivity contribution < 1.29 is 4.39 Å². The Morgan fingerprint density at radius 1 is 1.32 bits per heavy atom. The molecule has 5 nitrogen and oxygen atoms in total. The molecule has 1 aromatic carbocycles. The molecule has 136 valence electrons. The molecule has 1 aromatic heterocycles. The highest BCUT2D eigenvalue weighted by Crippen LogP contribution is 2.27. The van der Waals surface area contributed by atoms with Crippen molar-refractivity contribution in [2.24, 2.45) is 7.05 Å². The first-order valence-corrected chi connectivity index (χ1v) is 9.01. The van der Waals surface area contributed by atoms with Gasteiger partial charge in [-0.2, -0.15) is 0 Å². The van der Waals surface area contributed by atoms with Gasteiger partial charge in [0.25, 0.3) is 0 Å². The zero-order valence-electron chi connectivity index (χ0n) is 15.0. The normalized spacial score (nSPS) is 18.9. The maximum Gasteiger partial charge on any atom is 0.146 e. The summed E-state index contributed by atoms with van der Waals surface area (Å²) >= 11 is 5.77. The SMILES string of the molecule is CN(C)Cc1nnc([C@H]2CCCN(Cc3ccc(Cl)c(F)c3)C2)n1C. The monoisotopic (exact) mass is 365 g/mol. The Bertz CT molecular complexity index is 730. The van der Waals surface area contributed by atoms with E-state index in [-0.39, 0.29) is 10.8 Å². The number of piperidine rings is 1. The van der Waals surface area contributed by atoms with E-state index >= 15 is 0 Å². The molecule has 1 aliphatic heterocycles. The van der Waals surface area contributed by atoms with Crippen LogP contribution in [0.1, 0.15) is 36.0 Å². The third-order valence-corrected chi connectivity index (χ3v) is 5.02. The molecular formula is C18H25ClFN5. The fourth-order valence-electron chi connectivity index (χ4n) is 3.46. The van der Waals surface area contributed by atoms with E-state index < -0.39 is 0 Å². The zero-order valence-corrected chi connectivity index (χ0v) is 15.8. The van der Waals surface area contributed by atoms with Crippen LogP contribution in [0, 0.1) is 5.82 Å². The highest BCUT2D eigenvalue weighted by atomic mass is 35.5. The highest BCUT2D eigenvalue weighted by molar-refractivity contribution is 6.30. The predicted molar refractivity (Wildman–Crippen MR) is 97.1 cm³/mol. The maximum absolute atomic E-state index is 13.7. The van der Waals surface area contributed by atoms with Crippen molar-refractivity contribution in [1.29, 1.82) is 0 Å². The highest BCUT2D eigenvalue weighted by Gasteiger charge is 2.26. The molecule has 0 saturated carbocycles. The van der Waals surface area contributed by atoms with Crippen molar-refractivity contribution in [3.8, 4) is 0 Å². The quantitative estimate of drug-likeness (QED) is 0.816. The molecule has 2 heterocycles. The molecule has 0 aliphatic carbocycles. The van der Waals surface area contributed by atoms with E-state index in [0.29, 0.717) is 5.92 Å². The Morgan fingerprint density at radius 3 is 2.84 bits per heavy atom. The number of nitrogens with zero attached hydrogens (tertiary/aromatic N) is 5. The summed E-state index contributed by atoms with van der Waals surface area (Å²) in [5.41, 5.74) is 0.953. The van der Waals surface area contributed by atoms with Gasteiger partial charge in [-0.05, 0) is 51.2 Å². The van der Waals surface area contributed by atoms with E-state index in [1.54, 1.807) is 6.07 Å². The van der Waals surface area contributed by atoms with Crippen LogP contribution >= 0.6 is 11.6 Å². The zero-order chi connectivity index (χ0) is 18.0. The van der Waals surface area contributed by atoms with Gasteiger partial charge in [-0.1, -0.05) is 17.7 Å². The third-order valence-electron chi connectivity index (χ3n) is 4.72. The summed E-state index contributed by atoms with van der Waals surface area (Å²) in [6.07, 6.45) is 2.22. The van der Waals surface area contributed by atoms with Crippen LogP contribution in [0.25, 0.3) is 0 Å². The van der Waals surface area contributed by atoms with Gasteiger partial charge in [0, 0.05) is 26.1 Å². The van der Waals surface area contributed by atoms with E-state index in [1.165, 1.54) is 6.07 Å². The number of halogens is 2. The lowest BCUT2D eigenvalue weighted by molar-refractivity contribution is 0.194. The van der Waals surface area contributed by atoms with Gasteiger partial charge in [-0.25, -0.2) is 4.39 Å². The van der Waals surface area contributed by atoms with Gasteiger partial charge in [-0.15, -0.1) is 10.2 Å². The summed E-state index contributed by atoms with van der Waals surface area (Å²) in [5.74, 6) is 2.04. The molecule has 0 radical (unpaired) electrons. The van der Waals surface area contributed by atoms with Crippen LogP contribution in [0.3, 0.4) is 0 Å². The summed E-state index contributed by atoms with van der Waals surface area (Å²) in [4.78, 5) is 4.45. The molecule has 1 saturated heterocycles. The molecule has 7 heteroatoms. The van der Waals surface area contributed by atoms with Crippen LogP contribution in [0.15, 0.2) is 18.2 Å². The summed E-state index contributed by atoms with van der Waals surface area (Å²) in [6.45, 7) is 3.44. The first kappa shape index (κ1) is 18.3. The summed E-state index contributed by atoms with van der Waals surface area (Å²) in [6, 6.07) is 5.06. The van der Waals surface area contributed by atoms with Gasteiger partial charge in [0.2, 0.25) is 0 Å². The second-order valence-electron chi connectivity index (χ2n) is 7.09. The van der Waals surface area contributed by atoms with E-state index in [0.717, 1.165) is 56.2 Å². The number of aromatic nitrogens is 3. The Labute approximate surface area is 153 Å². The van der Waals surface area contributed by atoms with Crippen LogP contribution in [-0.2, 0) is 20.1 Å². The number of hydrogen-bond acceptors (Lipinski definition) is 4. The Kier molecular flexibility index (Phi) is 5.71. The van der Waals surface area contributed by atoms with Crippen LogP contribution in [0.5, 0.6) is 0 Å². The lowest BCUT2D eigenvalue weighted by Crippen LogP contribution is -2.35. The molecule has 1 atom stereocenters. The van der Waals surface area contributed by atoms with Crippen molar-refractivity contribution >= 4 is 11.6 Å². The Balaban J connectivity index is 1.68. The fourth-order valence-corrected chi connectivity index (χ4v) is 3.58. The lowest BCUT2D eigenvalue weighted by atomic mass is 9.96. The van der Waals surface area contributed by atoms with E-state index in [9.17, 15) is 4.39 Å². The Morgan fingerprint density at radius 2 is 2.12 bits per heavy atom. The van der Waals surface area contributed by atoms with Crippen molar-refractivity contribution in [3.05, 3.63) is 46.3 Å². The van der Waals surface area contributed by atoms with Gasteiger partial charge in [0.05, 0.1) is 11.6 Å². The first-order chi connectivity index (χ1) is 11.9. The second kappa shape index (κ2) is 7.81. The van der Waals surface area contributed by atoms with Crippen LogP contribution in [-0.4, -0.2) is 51.7 Å². The molecule has 0 unspecified atom stereocenters. The van der Waals surface area contributed by atoms with Crippen LogP contribution < -0.4 is 0 Å². The lowest BCUT2D eigenvalue weighted by Gasteiger charge is -2.32. The van der Waals surface area contributed by atoms with E-state index in [2.05, 4.69) is 24.6 Å². The van der Waals surface area contributed by atoms with Gasteiger partial charge in [-0.3, -0.25) is 4.90 Å². The molecule has 1 fully saturated rings. The van der Waals surface area contributed by atoms with Crippen molar-refractivity contribution in [1.82, 2.24) is 24.6 Å². The average Bonchev–Trinajstić information content (AvgIpc) is 2.91. The van der Waals surface area contributed by atoms with Gasteiger partial charge in [0.15, 0.2) is 0 Å². The molecule has 25 heavy (non-hydrogen) atoms. The number of benzene rings is 1. The van der Waals surface area contributed by atoms with Gasteiger partial charge < -0.3 is 9.47 Å². The second-order valence-corrected chi connectivity index (χ2v) is 7.50. The predicted octanol–water partition coefficient (Wildman–Crippen LogP) is 3.05. The topological polar surface area (TPSA) is 37.2 Å². The minimum Gasteiger partial charge on any atom is -0.317 e.